The predicted octanol–water partition coefficient (Wildman–Crippen LogP) is 2.44. The quantitative estimate of drug-likeness (QED) is 0.827. The first-order valence-corrected chi connectivity index (χ1v) is 8.84. The van der Waals surface area contributed by atoms with Crippen molar-refractivity contribution in [3.8, 4) is 0 Å². The van der Waals surface area contributed by atoms with Crippen LogP contribution in [-0.2, 0) is 14.6 Å². The number of amides is 1. The molecular formula is C14H16N2O3S2. The van der Waals surface area contributed by atoms with E-state index in [9.17, 15) is 13.2 Å². The van der Waals surface area contributed by atoms with Crippen LogP contribution in [0.15, 0.2) is 39.9 Å². The fraction of sp³-hybridized carbons (Fsp3) is 0.214. The van der Waals surface area contributed by atoms with Gasteiger partial charge < -0.3 is 11.1 Å². The van der Waals surface area contributed by atoms with Crippen molar-refractivity contribution >= 4 is 38.5 Å². The van der Waals surface area contributed by atoms with Crippen LogP contribution in [-0.4, -0.2) is 20.1 Å². The summed E-state index contributed by atoms with van der Waals surface area (Å²) in [6.45, 7) is 1.84. The van der Waals surface area contributed by atoms with Gasteiger partial charge in [-0.1, -0.05) is 12.1 Å². The number of carbonyl (C=O) groups excluding carboxylic acids is 1. The minimum absolute atomic E-state index is 0.0888. The summed E-state index contributed by atoms with van der Waals surface area (Å²) in [6, 6.07) is 8.41. The van der Waals surface area contributed by atoms with Crippen LogP contribution in [0.4, 0.5) is 11.4 Å². The highest BCUT2D eigenvalue weighted by Crippen LogP contribution is 2.20. The molecule has 2 aromatic rings. The summed E-state index contributed by atoms with van der Waals surface area (Å²) in [7, 11) is -3.39. The van der Waals surface area contributed by atoms with Gasteiger partial charge in [0.05, 0.1) is 5.75 Å². The van der Waals surface area contributed by atoms with Gasteiger partial charge in [-0.2, -0.15) is 0 Å². The molecule has 0 spiro atoms. The number of hydrogen-bond donors (Lipinski definition) is 2. The highest BCUT2D eigenvalue weighted by Gasteiger charge is 2.17. The number of anilines is 2. The number of nitrogen functional groups attached to an aromatic ring is 1. The third kappa shape index (κ3) is 4.05. The van der Waals surface area contributed by atoms with Crippen LogP contribution in [0.3, 0.4) is 0 Å². The van der Waals surface area contributed by atoms with E-state index in [2.05, 4.69) is 5.32 Å². The lowest BCUT2D eigenvalue weighted by molar-refractivity contribution is -0.115. The molecule has 0 radical (unpaired) electrons. The number of nitrogens with one attached hydrogen (secondary N) is 1. The summed E-state index contributed by atoms with van der Waals surface area (Å²) < 4.78 is 24.3. The summed E-state index contributed by atoms with van der Waals surface area (Å²) in [6.07, 6.45) is -0.0888. The Morgan fingerprint density at radius 2 is 2.10 bits per heavy atom. The molecule has 0 saturated carbocycles. The van der Waals surface area contributed by atoms with Gasteiger partial charge in [0.25, 0.3) is 0 Å². The van der Waals surface area contributed by atoms with Gasteiger partial charge >= 0.3 is 0 Å². The number of hydrogen-bond acceptors (Lipinski definition) is 5. The molecule has 0 bridgehead atoms. The van der Waals surface area contributed by atoms with Crippen molar-refractivity contribution in [3.63, 3.8) is 0 Å². The minimum atomic E-state index is -3.39. The number of nitrogens with two attached hydrogens (primary N) is 1. The smallest absolute Gasteiger partial charge is 0.225 e. The molecule has 0 aliphatic rings. The molecule has 0 aliphatic heterocycles. The normalized spacial score (nSPS) is 11.3. The van der Waals surface area contributed by atoms with Crippen molar-refractivity contribution in [1.29, 1.82) is 0 Å². The maximum atomic E-state index is 12.0. The molecule has 2 rings (SSSR count). The lowest BCUT2D eigenvalue weighted by Crippen LogP contribution is -2.17. The molecule has 0 saturated heterocycles. The lowest BCUT2D eigenvalue weighted by Gasteiger charge is -2.09. The minimum Gasteiger partial charge on any atom is -0.399 e. The maximum absolute atomic E-state index is 12.0. The summed E-state index contributed by atoms with van der Waals surface area (Å²) in [5, 5.41) is 4.39. The van der Waals surface area contributed by atoms with Crippen LogP contribution >= 0.6 is 11.3 Å². The average molecular weight is 324 g/mol. The molecule has 0 aliphatic carbocycles. The Hall–Kier alpha value is -1.86. The Labute approximate surface area is 127 Å². The molecule has 0 atom stereocenters. The van der Waals surface area contributed by atoms with Gasteiger partial charge in [0.1, 0.15) is 4.21 Å². The Kier molecular flexibility index (Phi) is 4.64. The molecule has 1 amide bonds. The van der Waals surface area contributed by atoms with E-state index in [1.807, 2.05) is 6.92 Å². The Morgan fingerprint density at radius 1 is 1.33 bits per heavy atom. The Bertz CT molecular complexity index is 738. The molecule has 5 nitrogen and oxygen atoms in total. The largest absolute Gasteiger partial charge is 0.399 e. The topological polar surface area (TPSA) is 89.3 Å². The predicted molar refractivity (Wildman–Crippen MR) is 85.2 cm³/mol. The Morgan fingerprint density at radius 3 is 2.76 bits per heavy atom. The maximum Gasteiger partial charge on any atom is 0.225 e. The van der Waals surface area contributed by atoms with Crippen molar-refractivity contribution in [2.45, 2.75) is 17.6 Å². The molecular weight excluding hydrogens is 308 g/mol. The fourth-order valence-corrected chi connectivity index (χ4v) is 4.15. The number of sulfone groups is 1. The highest BCUT2D eigenvalue weighted by atomic mass is 32.2. The van der Waals surface area contributed by atoms with E-state index in [1.54, 1.807) is 35.7 Å². The standard InChI is InChI=1S/C14H16N2O3S2/c1-10-4-5-11(15)9-12(10)16-13(17)6-8-21(18,19)14-3-2-7-20-14/h2-5,7,9H,6,8,15H2,1H3,(H,16,17). The van der Waals surface area contributed by atoms with Crippen LogP contribution in [0.1, 0.15) is 12.0 Å². The van der Waals surface area contributed by atoms with E-state index >= 15 is 0 Å². The van der Waals surface area contributed by atoms with Crippen LogP contribution in [0.2, 0.25) is 0 Å². The van der Waals surface area contributed by atoms with Crippen molar-refractivity contribution in [3.05, 3.63) is 41.3 Å². The zero-order valence-electron chi connectivity index (χ0n) is 11.5. The first kappa shape index (κ1) is 15.5. The first-order valence-electron chi connectivity index (χ1n) is 6.31. The molecule has 0 fully saturated rings. The average Bonchev–Trinajstić information content (AvgIpc) is 2.96. The summed E-state index contributed by atoms with van der Waals surface area (Å²) in [4.78, 5) is 11.9. The zero-order chi connectivity index (χ0) is 15.5. The van der Waals surface area contributed by atoms with Crippen LogP contribution in [0.25, 0.3) is 0 Å². The van der Waals surface area contributed by atoms with E-state index in [0.717, 1.165) is 16.9 Å². The van der Waals surface area contributed by atoms with Crippen LogP contribution < -0.4 is 11.1 Å². The fourth-order valence-electron chi connectivity index (χ4n) is 1.76. The summed E-state index contributed by atoms with van der Waals surface area (Å²) in [5.41, 5.74) is 7.69. The second-order valence-electron chi connectivity index (χ2n) is 4.62. The number of aryl methyl sites for hydroxylation is 1. The number of benzene rings is 1. The van der Waals surface area contributed by atoms with E-state index in [-0.39, 0.29) is 22.3 Å². The third-order valence-corrected chi connectivity index (χ3v) is 6.14. The van der Waals surface area contributed by atoms with Gasteiger partial charge in [0, 0.05) is 17.8 Å². The monoisotopic (exact) mass is 324 g/mol. The zero-order valence-corrected chi connectivity index (χ0v) is 13.1. The molecule has 1 aromatic carbocycles. The molecule has 1 aromatic heterocycles. The summed E-state index contributed by atoms with van der Waals surface area (Å²) in [5.74, 6) is -0.551. The molecule has 112 valence electrons. The van der Waals surface area contributed by atoms with Crippen LogP contribution in [0.5, 0.6) is 0 Å². The number of rotatable bonds is 5. The summed E-state index contributed by atoms with van der Waals surface area (Å²) >= 11 is 1.15. The van der Waals surface area contributed by atoms with E-state index in [4.69, 9.17) is 5.73 Å². The molecule has 7 heteroatoms. The van der Waals surface area contributed by atoms with E-state index < -0.39 is 9.84 Å². The number of thiophene rings is 1. The SMILES string of the molecule is Cc1ccc(N)cc1NC(=O)CCS(=O)(=O)c1cccs1. The van der Waals surface area contributed by atoms with Crippen molar-refractivity contribution in [2.75, 3.05) is 16.8 Å². The second-order valence-corrected chi connectivity index (χ2v) is 7.91. The highest BCUT2D eigenvalue weighted by molar-refractivity contribution is 7.93. The molecule has 3 N–H and O–H groups in total. The molecule has 0 unspecified atom stereocenters. The van der Waals surface area contributed by atoms with Gasteiger partial charge in [-0.25, -0.2) is 8.42 Å². The first-order chi connectivity index (χ1) is 9.88. The van der Waals surface area contributed by atoms with Gasteiger partial charge in [0.15, 0.2) is 9.84 Å². The molecule has 1 heterocycles. The van der Waals surface area contributed by atoms with E-state index in [0.29, 0.717) is 11.4 Å². The van der Waals surface area contributed by atoms with Crippen LogP contribution in [0, 0.1) is 6.92 Å². The van der Waals surface area contributed by atoms with E-state index in [1.165, 1.54) is 0 Å². The van der Waals surface area contributed by atoms with Gasteiger partial charge in [-0.15, -0.1) is 11.3 Å². The van der Waals surface area contributed by atoms with Crippen molar-refractivity contribution in [1.82, 2.24) is 0 Å². The van der Waals surface area contributed by atoms with Gasteiger partial charge in [0.2, 0.25) is 5.91 Å². The third-order valence-electron chi connectivity index (χ3n) is 2.94. The second kappa shape index (κ2) is 6.28. The van der Waals surface area contributed by atoms with Crippen molar-refractivity contribution < 1.29 is 13.2 Å². The number of carbonyl (C=O) groups is 1. The van der Waals surface area contributed by atoms with Gasteiger partial charge in [-0.3, -0.25) is 4.79 Å². The Balaban J connectivity index is 1.98. The lowest BCUT2D eigenvalue weighted by atomic mass is 10.2. The molecule has 21 heavy (non-hydrogen) atoms. The van der Waals surface area contributed by atoms with Gasteiger partial charge in [-0.05, 0) is 36.1 Å². The van der Waals surface area contributed by atoms with Crippen molar-refractivity contribution in [2.24, 2.45) is 0 Å².